The number of aromatic nitrogens is 7. The number of pyridine rings is 1. The first kappa shape index (κ1) is 23.1. The zero-order valence-electron chi connectivity index (χ0n) is 19.9. The summed E-state index contributed by atoms with van der Waals surface area (Å²) in [5.74, 6) is 0.562. The van der Waals surface area contributed by atoms with Crippen LogP contribution in [0.15, 0.2) is 43.4 Å². The summed E-state index contributed by atoms with van der Waals surface area (Å²) < 4.78 is 11.7. The molecule has 0 spiro atoms. The molecule has 1 fully saturated rings. The van der Waals surface area contributed by atoms with Crippen molar-refractivity contribution in [2.24, 2.45) is 7.05 Å². The maximum absolute atomic E-state index is 11.9. The summed E-state index contributed by atoms with van der Waals surface area (Å²) in [6, 6.07) is 4.02. The van der Waals surface area contributed by atoms with Crippen molar-refractivity contribution in [3.63, 3.8) is 0 Å². The molecule has 11 heteroatoms. The van der Waals surface area contributed by atoms with Crippen molar-refractivity contribution in [3.05, 3.63) is 59.8 Å². The largest absolute Gasteiger partial charge is 0.482 e. The van der Waals surface area contributed by atoms with Crippen LogP contribution in [0.2, 0.25) is 5.02 Å². The van der Waals surface area contributed by atoms with Crippen molar-refractivity contribution in [1.29, 1.82) is 0 Å². The van der Waals surface area contributed by atoms with Gasteiger partial charge >= 0.3 is 0 Å². The van der Waals surface area contributed by atoms with Crippen LogP contribution in [-0.4, -0.2) is 58.3 Å². The van der Waals surface area contributed by atoms with Crippen LogP contribution in [0.1, 0.15) is 43.3 Å². The standard InChI is InChI=1S/C24H27ClN8O2/c1-5-22(34)31-10-6-18(7-11-31)33-15(2)23(27-29-33)17-12-21(24-19(25)13-26-32(24)14-17)35-16(3)20-8-9-30(4)28-20/h5,8-9,12-14,16,18H,1,6-7,10-11H2,2-4H3/t16-/m0/s1. The first-order chi connectivity index (χ1) is 16.9. The second-order valence-electron chi connectivity index (χ2n) is 8.78. The minimum absolute atomic E-state index is 0.0295. The number of fused-ring (bicyclic) bond motifs is 1. The maximum Gasteiger partial charge on any atom is 0.245 e. The van der Waals surface area contributed by atoms with Crippen LogP contribution in [0, 0.1) is 6.92 Å². The number of carbonyl (C=O) groups excluding carboxylic acids is 1. The highest BCUT2D eigenvalue weighted by atomic mass is 35.5. The van der Waals surface area contributed by atoms with Crippen molar-refractivity contribution in [2.75, 3.05) is 13.1 Å². The molecule has 0 radical (unpaired) electrons. The Hall–Kier alpha value is -3.66. The average molecular weight is 495 g/mol. The SMILES string of the molecule is C=CC(=O)N1CCC(n2nnc(-c3cc(O[C@@H](C)c4ccn(C)n4)c4c(Cl)cnn4c3)c2C)CC1. The number of nitrogens with zero attached hydrogens (tertiary/aromatic N) is 8. The number of amides is 1. The Bertz CT molecular complexity index is 1400. The van der Waals surface area contributed by atoms with Gasteiger partial charge in [0, 0.05) is 38.1 Å². The highest BCUT2D eigenvalue weighted by Gasteiger charge is 2.26. The summed E-state index contributed by atoms with van der Waals surface area (Å²) in [5.41, 5.74) is 4.01. The minimum Gasteiger partial charge on any atom is -0.482 e. The molecule has 35 heavy (non-hydrogen) atoms. The van der Waals surface area contributed by atoms with E-state index >= 15 is 0 Å². The fourth-order valence-electron chi connectivity index (χ4n) is 4.58. The number of ether oxygens (including phenoxy) is 1. The first-order valence-corrected chi connectivity index (χ1v) is 11.9. The van der Waals surface area contributed by atoms with E-state index in [1.807, 2.05) is 55.0 Å². The highest BCUT2D eigenvalue weighted by molar-refractivity contribution is 6.34. The number of halogens is 1. The van der Waals surface area contributed by atoms with E-state index in [-0.39, 0.29) is 18.1 Å². The van der Waals surface area contributed by atoms with Crippen LogP contribution in [0.25, 0.3) is 16.8 Å². The highest BCUT2D eigenvalue weighted by Crippen LogP contribution is 2.35. The number of aryl methyl sites for hydroxylation is 1. The van der Waals surface area contributed by atoms with E-state index in [1.165, 1.54) is 6.08 Å². The Morgan fingerprint density at radius 3 is 2.80 bits per heavy atom. The van der Waals surface area contributed by atoms with Gasteiger partial charge in [-0.3, -0.25) is 9.48 Å². The number of hydrogen-bond acceptors (Lipinski definition) is 6. The molecular weight excluding hydrogens is 468 g/mol. The van der Waals surface area contributed by atoms with Crippen molar-refractivity contribution < 1.29 is 9.53 Å². The summed E-state index contributed by atoms with van der Waals surface area (Å²) in [4.78, 5) is 13.7. The van der Waals surface area contributed by atoms with Gasteiger partial charge in [-0.25, -0.2) is 9.20 Å². The van der Waals surface area contributed by atoms with Crippen LogP contribution in [0.3, 0.4) is 0 Å². The zero-order valence-corrected chi connectivity index (χ0v) is 20.7. The van der Waals surface area contributed by atoms with Gasteiger partial charge in [-0.1, -0.05) is 23.4 Å². The molecule has 10 nitrogen and oxygen atoms in total. The molecular formula is C24H27ClN8O2. The Kier molecular flexibility index (Phi) is 6.06. The lowest BCUT2D eigenvalue weighted by molar-refractivity contribution is -0.127. The number of hydrogen-bond donors (Lipinski definition) is 0. The predicted octanol–water partition coefficient (Wildman–Crippen LogP) is 3.78. The normalized spacial score (nSPS) is 15.5. The molecule has 0 N–H and O–H groups in total. The molecule has 5 heterocycles. The van der Waals surface area contributed by atoms with E-state index in [9.17, 15) is 4.79 Å². The average Bonchev–Trinajstić information content (AvgIpc) is 3.57. The lowest BCUT2D eigenvalue weighted by Crippen LogP contribution is -2.38. The van der Waals surface area contributed by atoms with E-state index in [4.69, 9.17) is 16.3 Å². The molecule has 0 bridgehead atoms. The quantitative estimate of drug-likeness (QED) is 0.378. The number of piperidine rings is 1. The van der Waals surface area contributed by atoms with Gasteiger partial charge in [0.2, 0.25) is 5.91 Å². The minimum atomic E-state index is -0.290. The van der Waals surface area contributed by atoms with E-state index in [0.29, 0.717) is 29.4 Å². The lowest BCUT2D eigenvalue weighted by atomic mass is 10.0. The predicted molar refractivity (Wildman–Crippen MR) is 131 cm³/mol. The summed E-state index contributed by atoms with van der Waals surface area (Å²) in [6.07, 6.45) is 8.06. The van der Waals surface area contributed by atoms with Crippen molar-refractivity contribution in [3.8, 4) is 17.0 Å². The molecule has 1 amide bonds. The monoisotopic (exact) mass is 494 g/mol. The molecule has 1 atom stereocenters. The third kappa shape index (κ3) is 4.29. The second kappa shape index (κ2) is 9.18. The summed E-state index contributed by atoms with van der Waals surface area (Å²) in [6.45, 7) is 8.88. The molecule has 4 aromatic rings. The van der Waals surface area contributed by atoms with Gasteiger partial charge in [0.1, 0.15) is 28.8 Å². The molecule has 1 aliphatic rings. The number of rotatable bonds is 6. The second-order valence-corrected chi connectivity index (χ2v) is 9.19. The van der Waals surface area contributed by atoms with Gasteiger partial charge in [-0.05, 0) is 44.9 Å². The molecule has 0 aliphatic carbocycles. The van der Waals surface area contributed by atoms with Crippen LogP contribution in [0.5, 0.6) is 5.75 Å². The topological polar surface area (TPSA) is 95.4 Å². The zero-order chi connectivity index (χ0) is 24.7. The Labute approximate surface area is 207 Å². The van der Waals surface area contributed by atoms with E-state index in [0.717, 1.165) is 35.5 Å². The molecule has 0 aromatic carbocycles. The molecule has 182 valence electrons. The Morgan fingerprint density at radius 2 is 2.11 bits per heavy atom. The maximum atomic E-state index is 11.9. The molecule has 1 aliphatic heterocycles. The molecule has 1 saturated heterocycles. The van der Waals surface area contributed by atoms with Crippen molar-refractivity contribution in [2.45, 2.75) is 38.8 Å². The van der Waals surface area contributed by atoms with E-state index in [1.54, 1.807) is 15.4 Å². The third-order valence-electron chi connectivity index (χ3n) is 6.48. The lowest BCUT2D eigenvalue weighted by Gasteiger charge is -2.31. The molecule has 5 rings (SSSR count). The van der Waals surface area contributed by atoms with Gasteiger partial charge < -0.3 is 9.64 Å². The number of carbonyl (C=O) groups is 1. The van der Waals surface area contributed by atoms with Gasteiger partial charge in [-0.2, -0.15) is 10.2 Å². The smallest absolute Gasteiger partial charge is 0.245 e. The van der Waals surface area contributed by atoms with E-state index in [2.05, 4.69) is 27.1 Å². The number of likely N-dealkylation sites (tertiary alicyclic amines) is 1. The van der Waals surface area contributed by atoms with Gasteiger partial charge in [0.15, 0.2) is 0 Å². The fourth-order valence-corrected chi connectivity index (χ4v) is 4.81. The van der Waals surface area contributed by atoms with Gasteiger partial charge in [-0.15, -0.1) is 5.10 Å². The van der Waals surface area contributed by atoms with Crippen LogP contribution >= 0.6 is 11.6 Å². The van der Waals surface area contributed by atoms with Gasteiger partial charge in [0.25, 0.3) is 0 Å². The first-order valence-electron chi connectivity index (χ1n) is 11.5. The summed E-state index contributed by atoms with van der Waals surface area (Å²) >= 11 is 6.44. The van der Waals surface area contributed by atoms with Crippen LogP contribution < -0.4 is 4.74 Å². The molecule has 0 saturated carbocycles. The van der Waals surface area contributed by atoms with Crippen molar-refractivity contribution in [1.82, 2.24) is 39.3 Å². The van der Waals surface area contributed by atoms with Gasteiger partial charge in [0.05, 0.1) is 23.0 Å². The summed E-state index contributed by atoms with van der Waals surface area (Å²) in [7, 11) is 1.87. The summed E-state index contributed by atoms with van der Waals surface area (Å²) in [5, 5.41) is 18.3. The molecule has 4 aromatic heterocycles. The third-order valence-corrected chi connectivity index (χ3v) is 6.76. The molecule has 0 unspecified atom stereocenters. The van der Waals surface area contributed by atoms with Crippen molar-refractivity contribution >= 4 is 23.0 Å². The fraction of sp³-hybridized carbons (Fsp3) is 0.375. The Morgan fingerprint density at radius 1 is 1.34 bits per heavy atom. The van der Waals surface area contributed by atoms with Crippen LogP contribution in [-0.2, 0) is 11.8 Å². The Balaban J connectivity index is 1.45. The van der Waals surface area contributed by atoms with Crippen LogP contribution in [0.4, 0.5) is 0 Å². The van der Waals surface area contributed by atoms with E-state index < -0.39 is 0 Å².